The first-order valence-electron chi connectivity index (χ1n) is 13.2. The van der Waals surface area contributed by atoms with Gasteiger partial charge in [-0.05, 0) is 59.2 Å². The lowest BCUT2D eigenvalue weighted by Crippen LogP contribution is -2.46. The number of anilines is 1. The van der Waals surface area contributed by atoms with Crippen LogP contribution in [0, 0.1) is 0 Å². The van der Waals surface area contributed by atoms with Gasteiger partial charge in [0.2, 0.25) is 0 Å². The summed E-state index contributed by atoms with van der Waals surface area (Å²) in [6.07, 6.45) is 1.47. The second-order valence-electron chi connectivity index (χ2n) is 9.68. The Labute approximate surface area is 249 Å². The Bertz CT molecular complexity index is 1700. The summed E-state index contributed by atoms with van der Waals surface area (Å²) in [5.41, 5.74) is 9.04. The lowest BCUT2D eigenvalue weighted by Gasteiger charge is -2.33. The van der Waals surface area contributed by atoms with Crippen molar-refractivity contribution in [2.24, 2.45) is 5.73 Å². The van der Waals surface area contributed by atoms with Crippen LogP contribution >= 0.6 is 23.2 Å². The predicted octanol–water partition coefficient (Wildman–Crippen LogP) is 7.31. The van der Waals surface area contributed by atoms with Crippen LogP contribution in [-0.2, 0) is 21.2 Å². The first-order valence-corrected chi connectivity index (χ1v) is 15.4. The van der Waals surface area contributed by atoms with Gasteiger partial charge in [-0.2, -0.15) is 0 Å². The minimum atomic E-state index is -4.57. The minimum Gasteiger partial charge on any atom is -0.480 e. The van der Waals surface area contributed by atoms with Gasteiger partial charge >= 0.3 is 5.97 Å². The van der Waals surface area contributed by atoms with Gasteiger partial charge in [0.05, 0.1) is 16.1 Å². The van der Waals surface area contributed by atoms with Gasteiger partial charge in [0, 0.05) is 15.4 Å². The molecule has 5 rings (SSSR count). The number of nitrogens with zero attached hydrogens (tertiary/aromatic N) is 1. The van der Waals surface area contributed by atoms with Gasteiger partial charge in [0.25, 0.3) is 15.9 Å². The molecule has 0 heterocycles. The molecule has 0 saturated heterocycles. The Morgan fingerprint density at radius 1 is 0.927 bits per heavy atom. The quantitative estimate of drug-likeness (QED) is 0.171. The van der Waals surface area contributed by atoms with Gasteiger partial charge < -0.3 is 10.8 Å². The van der Waals surface area contributed by atoms with Crippen LogP contribution in [0.25, 0.3) is 21.9 Å². The van der Waals surface area contributed by atoms with E-state index >= 15 is 0 Å². The molecule has 1 amide bonds. The molecule has 2 aliphatic rings. The number of aliphatic carboxylic acids is 1. The molecule has 0 aromatic heterocycles. The lowest BCUT2D eigenvalue weighted by atomic mass is 9.95. The molecule has 2 aliphatic carbocycles. The van der Waals surface area contributed by atoms with Crippen molar-refractivity contribution in [2.45, 2.75) is 50.5 Å². The molecule has 0 aliphatic heterocycles. The van der Waals surface area contributed by atoms with E-state index in [2.05, 4.69) is 24.3 Å². The van der Waals surface area contributed by atoms with Crippen molar-refractivity contribution >= 4 is 61.6 Å². The van der Waals surface area contributed by atoms with E-state index in [0.717, 1.165) is 4.31 Å². The molecule has 0 saturated carbocycles. The van der Waals surface area contributed by atoms with E-state index in [4.69, 9.17) is 28.9 Å². The van der Waals surface area contributed by atoms with Crippen LogP contribution < -0.4 is 10.0 Å². The number of fused-ring (bicyclic) bond motifs is 2. The number of hydrogen-bond donors (Lipinski definition) is 2. The Morgan fingerprint density at radius 3 is 2.05 bits per heavy atom. The zero-order valence-electron chi connectivity index (χ0n) is 22.6. The van der Waals surface area contributed by atoms with Crippen molar-refractivity contribution in [1.29, 1.82) is 0 Å². The molecule has 3 aromatic rings. The largest absolute Gasteiger partial charge is 0.480 e. The first kappa shape index (κ1) is 30.4. The minimum absolute atomic E-state index is 0.0161. The SMILES string of the molecule is CCCCC(C(=O)O)N(c1c(C(N)=O)c(CC)cc2ccccc12)S(=O)(=O)c1cc(Cl)cc(Cl)c1.c1cc2cc-2c1. The number of rotatable bonds is 10. The molecule has 0 fully saturated rings. The second-order valence-corrected chi connectivity index (χ2v) is 12.4. The average Bonchev–Trinajstić information content (AvgIpc) is 3.53. The Hall–Kier alpha value is -3.59. The molecule has 7 nitrogen and oxygen atoms in total. The number of carboxylic acids is 1. The number of primary amides is 1. The highest BCUT2D eigenvalue weighted by Crippen LogP contribution is 2.40. The predicted molar refractivity (Wildman–Crippen MR) is 164 cm³/mol. The summed E-state index contributed by atoms with van der Waals surface area (Å²) in [4.78, 5) is 25.0. The number of hydrogen-bond acceptors (Lipinski definition) is 4. The Morgan fingerprint density at radius 2 is 1.56 bits per heavy atom. The van der Waals surface area contributed by atoms with Crippen LogP contribution in [0.15, 0.2) is 77.7 Å². The Balaban J connectivity index is 0.000000560. The standard InChI is InChI=1S/C25H26Cl2N2O5S.C6H4/c1-3-5-10-21(25(31)32)29(35(33,34)19-13-17(26)12-18(27)14-19)23-20-9-7-6-8-16(20)11-15(4-2)22(23)24(28)30;1-2-5-4-6(5)3-1/h6-9,11-14,21H,3-5,10H2,1-2H3,(H2,28,30)(H,31,32);1-4H. The number of sulfonamides is 1. The highest BCUT2D eigenvalue weighted by Gasteiger charge is 2.39. The average molecular weight is 614 g/mol. The van der Waals surface area contributed by atoms with Gasteiger partial charge in [0.1, 0.15) is 6.04 Å². The maximum absolute atomic E-state index is 14.2. The van der Waals surface area contributed by atoms with E-state index in [1.807, 2.05) is 13.8 Å². The number of carbonyl (C=O) groups is 2. The van der Waals surface area contributed by atoms with E-state index in [0.29, 0.717) is 35.6 Å². The number of carboxylic acid groups (broad SMARTS) is 1. The number of benzene rings is 4. The molecule has 1 atom stereocenters. The number of nitrogens with two attached hydrogens (primary N) is 1. The topological polar surface area (TPSA) is 118 Å². The maximum atomic E-state index is 14.2. The molecule has 41 heavy (non-hydrogen) atoms. The van der Waals surface area contributed by atoms with Crippen LogP contribution in [0.2, 0.25) is 10.0 Å². The van der Waals surface area contributed by atoms with Crippen molar-refractivity contribution in [3.63, 3.8) is 0 Å². The van der Waals surface area contributed by atoms with Crippen LogP contribution in [0.4, 0.5) is 5.69 Å². The van der Waals surface area contributed by atoms with Crippen molar-refractivity contribution in [1.82, 2.24) is 0 Å². The second kappa shape index (κ2) is 12.5. The fourth-order valence-electron chi connectivity index (χ4n) is 4.82. The highest BCUT2D eigenvalue weighted by molar-refractivity contribution is 7.93. The first-order chi connectivity index (χ1) is 19.5. The van der Waals surface area contributed by atoms with Crippen molar-refractivity contribution in [2.75, 3.05) is 4.31 Å². The zero-order valence-corrected chi connectivity index (χ0v) is 24.9. The number of amides is 1. The van der Waals surface area contributed by atoms with Crippen LogP contribution in [-0.4, -0.2) is 31.4 Å². The number of unbranched alkanes of at least 4 members (excludes halogenated alkanes) is 1. The zero-order chi connectivity index (χ0) is 29.9. The third kappa shape index (κ3) is 6.50. The maximum Gasteiger partial charge on any atom is 0.327 e. The lowest BCUT2D eigenvalue weighted by molar-refractivity contribution is -0.138. The highest BCUT2D eigenvalue weighted by atomic mass is 35.5. The van der Waals surface area contributed by atoms with Gasteiger partial charge in [-0.15, -0.1) is 0 Å². The molecule has 0 bridgehead atoms. The van der Waals surface area contributed by atoms with Gasteiger partial charge in [0.15, 0.2) is 0 Å². The van der Waals surface area contributed by atoms with E-state index in [1.165, 1.54) is 29.3 Å². The van der Waals surface area contributed by atoms with Crippen molar-refractivity contribution < 1.29 is 23.1 Å². The van der Waals surface area contributed by atoms with E-state index in [9.17, 15) is 23.1 Å². The summed E-state index contributed by atoms with van der Waals surface area (Å²) in [5.74, 6) is -2.21. The molecule has 10 heteroatoms. The van der Waals surface area contributed by atoms with E-state index < -0.39 is 27.9 Å². The van der Waals surface area contributed by atoms with Gasteiger partial charge in [-0.25, -0.2) is 13.2 Å². The number of halogens is 2. The van der Waals surface area contributed by atoms with E-state index in [1.54, 1.807) is 30.3 Å². The summed E-state index contributed by atoms with van der Waals surface area (Å²) in [5, 5.41) is 11.4. The summed E-state index contributed by atoms with van der Waals surface area (Å²) < 4.78 is 29.1. The fraction of sp³-hybridized carbons (Fsp3) is 0.226. The summed E-state index contributed by atoms with van der Waals surface area (Å²) in [6.45, 7) is 3.68. The number of aryl methyl sites for hydroxylation is 1. The smallest absolute Gasteiger partial charge is 0.327 e. The molecule has 3 aromatic carbocycles. The fourth-order valence-corrected chi connectivity index (χ4v) is 7.21. The van der Waals surface area contributed by atoms with Crippen LogP contribution in [0.3, 0.4) is 0 Å². The third-order valence-corrected chi connectivity index (χ3v) is 9.08. The summed E-state index contributed by atoms with van der Waals surface area (Å²) >= 11 is 12.2. The van der Waals surface area contributed by atoms with Crippen LogP contribution in [0.5, 0.6) is 0 Å². The normalized spacial score (nSPS) is 12.3. The summed E-state index contributed by atoms with van der Waals surface area (Å²) in [7, 11) is -4.57. The van der Waals surface area contributed by atoms with Gasteiger partial charge in [-0.3, -0.25) is 9.10 Å². The molecule has 214 valence electrons. The molecule has 3 N–H and O–H groups in total. The molecule has 0 radical (unpaired) electrons. The van der Waals surface area contributed by atoms with Crippen LogP contribution in [0.1, 0.15) is 49.0 Å². The monoisotopic (exact) mass is 612 g/mol. The molecular formula is C31H30Cl2N2O5S. The summed E-state index contributed by atoms with van der Waals surface area (Å²) in [6, 6.07) is 19.4. The van der Waals surface area contributed by atoms with E-state index in [-0.39, 0.29) is 32.6 Å². The molecular weight excluding hydrogens is 583 g/mol. The Kier molecular flexibility index (Phi) is 9.27. The molecule has 1 unspecified atom stereocenters. The number of carbonyl (C=O) groups excluding carboxylic acids is 1. The van der Waals surface area contributed by atoms with Crippen molar-refractivity contribution in [3.05, 3.63) is 94.0 Å². The third-order valence-electron chi connectivity index (χ3n) is 6.86. The van der Waals surface area contributed by atoms with Crippen molar-refractivity contribution in [3.8, 4) is 11.1 Å². The molecule has 0 spiro atoms. The van der Waals surface area contributed by atoms with Gasteiger partial charge in [-0.1, -0.05) is 98.4 Å².